The number of carbonyl (C=O) groups excluding carboxylic acids is 1. The molecule has 5 nitrogen and oxygen atoms in total. The maximum atomic E-state index is 12.4. The van der Waals surface area contributed by atoms with Gasteiger partial charge in [0.05, 0.1) is 11.5 Å². The number of hydrogen-bond acceptors (Lipinski definition) is 4. The molecule has 1 heterocycles. The molecule has 1 aromatic carbocycles. The van der Waals surface area contributed by atoms with Gasteiger partial charge in [-0.1, -0.05) is 11.6 Å². The molecule has 0 fully saturated rings. The van der Waals surface area contributed by atoms with Crippen LogP contribution in [0.5, 0.6) is 0 Å². The summed E-state index contributed by atoms with van der Waals surface area (Å²) in [5, 5.41) is 13.2. The number of thiophene rings is 1. The number of benzene rings is 1. The van der Waals surface area contributed by atoms with Gasteiger partial charge in [0.15, 0.2) is 0 Å². The van der Waals surface area contributed by atoms with Gasteiger partial charge in [0.2, 0.25) is 0 Å². The summed E-state index contributed by atoms with van der Waals surface area (Å²) in [5.41, 5.74) is -0.255. The van der Waals surface area contributed by atoms with Gasteiger partial charge in [-0.15, -0.1) is 11.3 Å². The predicted octanol–water partition coefficient (Wildman–Crippen LogP) is 4.34. The van der Waals surface area contributed by atoms with Crippen LogP contribution in [0.1, 0.15) is 15.2 Å². The fraction of sp³-hybridized carbons (Fsp3) is 0.154. The topological polar surface area (TPSA) is 63.5 Å². The first-order valence-electron chi connectivity index (χ1n) is 5.81. The lowest BCUT2D eigenvalue weighted by Crippen LogP contribution is -2.26. The van der Waals surface area contributed by atoms with Crippen molar-refractivity contribution >= 4 is 50.5 Å². The second-order valence-electron chi connectivity index (χ2n) is 4.31. The molecule has 0 atom stereocenters. The number of nitro groups is 1. The number of amides is 1. The molecule has 110 valence electrons. The zero-order valence-electron chi connectivity index (χ0n) is 10.9. The van der Waals surface area contributed by atoms with Crippen molar-refractivity contribution in [3.8, 4) is 0 Å². The van der Waals surface area contributed by atoms with Gasteiger partial charge in [0.1, 0.15) is 5.56 Å². The summed E-state index contributed by atoms with van der Waals surface area (Å²) in [5.74, 6) is -0.436. The number of nitrogens with zero attached hydrogens (tertiary/aromatic N) is 2. The summed E-state index contributed by atoms with van der Waals surface area (Å²) in [7, 11) is 1.60. The molecule has 0 saturated carbocycles. The average Bonchev–Trinajstić information content (AvgIpc) is 2.82. The van der Waals surface area contributed by atoms with Gasteiger partial charge in [0, 0.05) is 32.9 Å². The summed E-state index contributed by atoms with van der Waals surface area (Å²) >= 11 is 10.7. The van der Waals surface area contributed by atoms with E-state index in [1.165, 1.54) is 34.4 Å². The number of hydrogen-bond donors (Lipinski definition) is 0. The van der Waals surface area contributed by atoms with E-state index in [1.807, 2.05) is 11.4 Å². The van der Waals surface area contributed by atoms with E-state index in [-0.39, 0.29) is 16.3 Å². The van der Waals surface area contributed by atoms with Crippen molar-refractivity contribution < 1.29 is 9.72 Å². The van der Waals surface area contributed by atoms with Crippen molar-refractivity contribution in [2.75, 3.05) is 7.05 Å². The van der Waals surface area contributed by atoms with E-state index in [0.717, 1.165) is 9.35 Å². The highest BCUT2D eigenvalue weighted by Gasteiger charge is 2.23. The lowest BCUT2D eigenvalue weighted by Gasteiger charge is -2.16. The highest BCUT2D eigenvalue weighted by Crippen LogP contribution is 2.25. The minimum absolute atomic E-state index is 0.00868. The van der Waals surface area contributed by atoms with E-state index in [2.05, 4.69) is 15.9 Å². The Morgan fingerprint density at radius 3 is 2.76 bits per heavy atom. The van der Waals surface area contributed by atoms with Gasteiger partial charge in [-0.2, -0.15) is 0 Å². The second-order valence-corrected chi connectivity index (χ2v) is 6.66. The number of halogens is 2. The lowest BCUT2D eigenvalue weighted by molar-refractivity contribution is -0.385. The molecule has 0 spiro atoms. The summed E-state index contributed by atoms with van der Waals surface area (Å²) < 4.78 is 0.942. The van der Waals surface area contributed by atoms with Crippen LogP contribution in [0.4, 0.5) is 5.69 Å². The van der Waals surface area contributed by atoms with Crippen molar-refractivity contribution in [2.45, 2.75) is 6.54 Å². The summed E-state index contributed by atoms with van der Waals surface area (Å²) in [4.78, 5) is 25.2. The molecule has 0 N–H and O–H groups in total. The predicted molar refractivity (Wildman–Crippen MR) is 85.9 cm³/mol. The normalized spacial score (nSPS) is 10.4. The first-order chi connectivity index (χ1) is 9.88. The Bertz CT molecular complexity index is 704. The third-order valence-electron chi connectivity index (χ3n) is 2.75. The maximum Gasteiger partial charge on any atom is 0.282 e. The SMILES string of the molecule is CN(Cc1cc(Br)cs1)C(=O)c1cc(Cl)ccc1[N+](=O)[O-]. The monoisotopic (exact) mass is 388 g/mol. The van der Waals surface area contributed by atoms with Crippen molar-refractivity contribution in [2.24, 2.45) is 0 Å². The first kappa shape index (κ1) is 15.9. The highest BCUT2D eigenvalue weighted by atomic mass is 79.9. The van der Waals surface area contributed by atoms with E-state index in [0.29, 0.717) is 6.54 Å². The number of nitro benzene ring substituents is 1. The van der Waals surface area contributed by atoms with Gasteiger partial charge in [0.25, 0.3) is 11.6 Å². The summed E-state index contributed by atoms with van der Waals surface area (Å²) in [6, 6.07) is 5.86. The third-order valence-corrected chi connectivity index (χ3v) is 4.66. The van der Waals surface area contributed by atoms with Crippen LogP contribution in [0, 0.1) is 10.1 Å². The number of carbonyl (C=O) groups is 1. The van der Waals surface area contributed by atoms with Crippen LogP contribution in [-0.2, 0) is 6.54 Å². The molecule has 0 aliphatic rings. The van der Waals surface area contributed by atoms with E-state index >= 15 is 0 Å². The lowest BCUT2D eigenvalue weighted by atomic mass is 10.1. The van der Waals surface area contributed by atoms with Crippen molar-refractivity contribution in [3.05, 3.63) is 59.7 Å². The standard InChI is InChI=1S/C13H10BrClN2O3S/c1-16(6-10-4-8(14)7-21-10)13(18)11-5-9(15)2-3-12(11)17(19)20/h2-5,7H,6H2,1H3. The zero-order chi connectivity index (χ0) is 15.6. The van der Waals surface area contributed by atoms with Gasteiger partial charge < -0.3 is 4.90 Å². The second kappa shape index (κ2) is 6.55. The zero-order valence-corrected chi connectivity index (χ0v) is 14.0. The van der Waals surface area contributed by atoms with Crippen LogP contribution in [0.25, 0.3) is 0 Å². The Labute approximate surface area is 138 Å². The molecule has 0 radical (unpaired) electrons. The molecule has 1 amide bonds. The third kappa shape index (κ3) is 3.81. The van der Waals surface area contributed by atoms with Crippen molar-refractivity contribution in [1.29, 1.82) is 0 Å². The largest absolute Gasteiger partial charge is 0.336 e. The van der Waals surface area contributed by atoms with E-state index in [1.54, 1.807) is 7.05 Å². The summed E-state index contributed by atoms with van der Waals surface area (Å²) in [6.07, 6.45) is 0. The Kier molecular flexibility index (Phi) is 4.97. The molecule has 0 saturated heterocycles. The molecular weight excluding hydrogens is 380 g/mol. The fourth-order valence-corrected chi connectivity index (χ4v) is 3.46. The van der Waals surface area contributed by atoms with Crippen molar-refractivity contribution in [3.63, 3.8) is 0 Å². The van der Waals surface area contributed by atoms with Crippen LogP contribution in [0.3, 0.4) is 0 Å². The van der Waals surface area contributed by atoms with Crippen LogP contribution >= 0.6 is 38.9 Å². The fourth-order valence-electron chi connectivity index (χ4n) is 1.79. The molecule has 21 heavy (non-hydrogen) atoms. The molecule has 0 unspecified atom stereocenters. The van der Waals surface area contributed by atoms with Crippen molar-refractivity contribution in [1.82, 2.24) is 4.90 Å². The molecule has 0 aliphatic carbocycles. The Hall–Kier alpha value is -1.44. The molecule has 8 heteroatoms. The quantitative estimate of drug-likeness (QED) is 0.577. The molecule has 0 bridgehead atoms. The average molecular weight is 390 g/mol. The summed E-state index contributed by atoms with van der Waals surface area (Å²) in [6.45, 7) is 0.374. The first-order valence-corrected chi connectivity index (χ1v) is 7.86. The Morgan fingerprint density at radius 2 is 2.19 bits per heavy atom. The molecular formula is C13H10BrClN2O3S. The van der Waals surface area contributed by atoms with E-state index in [9.17, 15) is 14.9 Å². The minimum atomic E-state index is -0.584. The number of rotatable bonds is 4. The minimum Gasteiger partial charge on any atom is -0.336 e. The van der Waals surface area contributed by atoms with Crippen LogP contribution in [-0.4, -0.2) is 22.8 Å². The molecule has 2 aromatic rings. The molecule has 2 rings (SSSR count). The Balaban J connectivity index is 2.26. The molecule has 0 aliphatic heterocycles. The van der Waals surface area contributed by atoms with Crippen LogP contribution in [0.2, 0.25) is 5.02 Å². The van der Waals surface area contributed by atoms with Crippen LogP contribution in [0.15, 0.2) is 34.1 Å². The Morgan fingerprint density at radius 1 is 1.48 bits per heavy atom. The highest BCUT2D eigenvalue weighted by molar-refractivity contribution is 9.10. The van der Waals surface area contributed by atoms with Crippen LogP contribution < -0.4 is 0 Å². The van der Waals surface area contributed by atoms with Gasteiger partial charge in [-0.3, -0.25) is 14.9 Å². The van der Waals surface area contributed by atoms with E-state index in [4.69, 9.17) is 11.6 Å². The van der Waals surface area contributed by atoms with Gasteiger partial charge in [-0.25, -0.2) is 0 Å². The van der Waals surface area contributed by atoms with Gasteiger partial charge >= 0.3 is 0 Å². The smallest absolute Gasteiger partial charge is 0.282 e. The van der Waals surface area contributed by atoms with Gasteiger partial charge in [-0.05, 0) is 34.1 Å². The van der Waals surface area contributed by atoms with E-state index < -0.39 is 10.8 Å². The molecule has 1 aromatic heterocycles. The maximum absolute atomic E-state index is 12.4.